The monoisotopic (exact) mass is 651 g/mol. The van der Waals surface area contributed by atoms with E-state index in [-0.39, 0.29) is 0 Å². The van der Waals surface area contributed by atoms with Gasteiger partial charge in [0.15, 0.2) is 17.5 Å². The molecule has 0 aliphatic carbocycles. The van der Waals surface area contributed by atoms with E-state index in [9.17, 15) is 0 Å². The van der Waals surface area contributed by atoms with Crippen molar-refractivity contribution in [3.63, 3.8) is 0 Å². The largest absolute Gasteiger partial charge is 0.456 e. The predicted molar refractivity (Wildman–Crippen MR) is 209 cm³/mol. The van der Waals surface area contributed by atoms with Gasteiger partial charge in [0.05, 0.1) is 0 Å². The van der Waals surface area contributed by atoms with Gasteiger partial charge >= 0.3 is 0 Å². The van der Waals surface area contributed by atoms with Crippen molar-refractivity contribution < 1.29 is 4.42 Å². The maximum absolute atomic E-state index is 6.18. The summed E-state index contributed by atoms with van der Waals surface area (Å²) in [4.78, 5) is 14.7. The van der Waals surface area contributed by atoms with Crippen LogP contribution >= 0.6 is 0 Å². The lowest BCUT2D eigenvalue weighted by Crippen LogP contribution is -2.00. The zero-order chi connectivity index (χ0) is 33.7. The van der Waals surface area contributed by atoms with E-state index in [0.717, 1.165) is 44.4 Å². The quantitative estimate of drug-likeness (QED) is 0.186. The Morgan fingerprint density at radius 2 is 0.843 bits per heavy atom. The van der Waals surface area contributed by atoms with Gasteiger partial charge in [-0.05, 0) is 74.1 Å². The molecule has 4 heteroatoms. The van der Waals surface area contributed by atoms with Crippen molar-refractivity contribution in [2.24, 2.45) is 0 Å². The average molecular weight is 652 g/mol. The second-order valence-corrected chi connectivity index (χ2v) is 12.8. The number of rotatable bonds is 5. The topological polar surface area (TPSA) is 51.8 Å². The van der Waals surface area contributed by atoms with Crippen LogP contribution in [0.5, 0.6) is 0 Å². The molecule has 4 nitrogen and oxygen atoms in total. The SMILES string of the molecule is c1ccc(-c2nc(-c3ccccc3)nc(-c3ccc(-c4cc(-c5ccc6c(ccc7oc8ccccc8c76)c5)c5ccccc5c4)cc3)n2)cc1. The summed E-state index contributed by atoms with van der Waals surface area (Å²) < 4.78 is 6.18. The number of aromatic nitrogens is 3. The Kier molecular flexibility index (Phi) is 6.78. The zero-order valence-corrected chi connectivity index (χ0v) is 27.5. The highest BCUT2D eigenvalue weighted by Gasteiger charge is 2.15. The van der Waals surface area contributed by atoms with Gasteiger partial charge in [0, 0.05) is 27.5 Å². The maximum atomic E-state index is 6.18. The number of benzene rings is 8. The van der Waals surface area contributed by atoms with Crippen molar-refractivity contribution >= 4 is 43.5 Å². The highest BCUT2D eigenvalue weighted by atomic mass is 16.3. The summed E-state index contributed by atoms with van der Waals surface area (Å²) in [5, 5.41) is 7.11. The lowest BCUT2D eigenvalue weighted by atomic mass is 9.91. The molecule has 0 atom stereocenters. The first kappa shape index (κ1) is 29.0. The van der Waals surface area contributed by atoms with E-state index >= 15 is 0 Å². The zero-order valence-electron chi connectivity index (χ0n) is 27.5. The third-order valence-corrected chi connectivity index (χ3v) is 9.71. The Hall–Kier alpha value is -6.91. The van der Waals surface area contributed by atoms with Crippen LogP contribution in [0.2, 0.25) is 0 Å². The first-order chi connectivity index (χ1) is 25.2. The number of hydrogen-bond acceptors (Lipinski definition) is 4. The van der Waals surface area contributed by atoms with E-state index < -0.39 is 0 Å². The van der Waals surface area contributed by atoms with E-state index in [1.807, 2.05) is 72.8 Å². The first-order valence-electron chi connectivity index (χ1n) is 17.1. The summed E-state index contributed by atoms with van der Waals surface area (Å²) in [7, 11) is 0. The summed E-state index contributed by atoms with van der Waals surface area (Å²) in [6, 6.07) is 61.2. The molecule has 0 unspecified atom stereocenters. The van der Waals surface area contributed by atoms with Crippen molar-refractivity contribution in [3.05, 3.63) is 176 Å². The Morgan fingerprint density at radius 3 is 1.55 bits per heavy atom. The standard InChI is InChI=1S/C47H29N3O/c1-3-11-31(12-4-1)45-48-46(32-13-5-2-6-14-32)50-47(49-45)33-21-19-30(20-22-33)37-28-34-15-7-8-16-38(34)41(29-37)36-23-25-39-35(27-36)24-26-43-44(39)40-17-9-10-18-42(40)51-43/h1-29H. The number of para-hydroxylation sites is 1. The van der Waals surface area contributed by atoms with Crippen LogP contribution in [0.3, 0.4) is 0 Å². The number of fused-ring (bicyclic) bond motifs is 6. The minimum absolute atomic E-state index is 0.643. The Morgan fingerprint density at radius 1 is 0.314 bits per heavy atom. The molecule has 0 amide bonds. The molecule has 0 aliphatic heterocycles. The lowest BCUT2D eigenvalue weighted by Gasteiger charge is -2.13. The molecule has 2 heterocycles. The minimum Gasteiger partial charge on any atom is -0.456 e. The lowest BCUT2D eigenvalue weighted by molar-refractivity contribution is 0.669. The van der Waals surface area contributed by atoms with Gasteiger partial charge in [-0.25, -0.2) is 15.0 Å². The Bertz CT molecular complexity index is 2840. The molecule has 0 saturated carbocycles. The average Bonchev–Trinajstić information content (AvgIpc) is 3.60. The number of nitrogens with zero attached hydrogens (tertiary/aromatic N) is 3. The molecule has 10 aromatic rings. The number of furan rings is 1. The van der Waals surface area contributed by atoms with E-state index in [2.05, 4.69) is 103 Å². The summed E-state index contributed by atoms with van der Waals surface area (Å²) in [5.74, 6) is 1.95. The van der Waals surface area contributed by atoms with E-state index in [1.165, 1.54) is 38.1 Å². The van der Waals surface area contributed by atoms with Crippen molar-refractivity contribution in [2.45, 2.75) is 0 Å². The van der Waals surface area contributed by atoms with Crippen LogP contribution in [0.4, 0.5) is 0 Å². The summed E-state index contributed by atoms with van der Waals surface area (Å²) in [6.45, 7) is 0. The fraction of sp³-hybridized carbons (Fsp3) is 0. The van der Waals surface area contributed by atoms with Crippen LogP contribution in [-0.2, 0) is 0 Å². The molecular formula is C47H29N3O. The maximum Gasteiger partial charge on any atom is 0.164 e. The fourth-order valence-corrected chi connectivity index (χ4v) is 7.19. The molecule has 0 spiro atoms. The molecule has 0 bridgehead atoms. The molecule has 0 aliphatic rings. The number of hydrogen-bond donors (Lipinski definition) is 0. The Balaban J connectivity index is 1.07. The smallest absolute Gasteiger partial charge is 0.164 e. The highest BCUT2D eigenvalue weighted by molar-refractivity contribution is 6.19. The van der Waals surface area contributed by atoms with Crippen molar-refractivity contribution in [3.8, 4) is 56.4 Å². The van der Waals surface area contributed by atoms with Gasteiger partial charge in [0.25, 0.3) is 0 Å². The van der Waals surface area contributed by atoms with Crippen LogP contribution in [0.25, 0.3) is 99.9 Å². The molecule has 0 radical (unpaired) electrons. The van der Waals surface area contributed by atoms with Gasteiger partial charge in [-0.2, -0.15) is 0 Å². The molecule has 51 heavy (non-hydrogen) atoms. The first-order valence-corrected chi connectivity index (χ1v) is 17.1. The van der Waals surface area contributed by atoms with Gasteiger partial charge in [-0.3, -0.25) is 0 Å². The van der Waals surface area contributed by atoms with Crippen LogP contribution in [0, 0.1) is 0 Å². The molecule has 238 valence electrons. The van der Waals surface area contributed by atoms with Crippen molar-refractivity contribution in [1.82, 2.24) is 15.0 Å². The van der Waals surface area contributed by atoms with E-state index in [1.54, 1.807) is 0 Å². The molecule has 10 rings (SSSR count). The van der Waals surface area contributed by atoms with Crippen LogP contribution in [0.15, 0.2) is 180 Å². The van der Waals surface area contributed by atoms with Crippen molar-refractivity contribution in [2.75, 3.05) is 0 Å². The second-order valence-electron chi connectivity index (χ2n) is 12.8. The van der Waals surface area contributed by atoms with Crippen LogP contribution in [0.1, 0.15) is 0 Å². The summed E-state index contributed by atoms with van der Waals surface area (Å²) >= 11 is 0. The molecule has 0 N–H and O–H groups in total. The van der Waals surface area contributed by atoms with Gasteiger partial charge < -0.3 is 4.42 Å². The summed E-state index contributed by atoms with van der Waals surface area (Å²) in [5.41, 5.74) is 9.32. The van der Waals surface area contributed by atoms with Gasteiger partial charge in [-0.15, -0.1) is 0 Å². The second kappa shape index (κ2) is 11.9. The van der Waals surface area contributed by atoms with Crippen LogP contribution in [-0.4, -0.2) is 15.0 Å². The molecular weight excluding hydrogens is 623 g/mol. The molecule has 0 fully saturated rings. The third kappa shape index (κ3) is 5.13. The predicted octanol–water partition coefficient (Wildman–Crippen LogP) is 12.4. The van der Waals surface area contributed by atoms with E-state index in [4.69, 9.17) is 19.4 Å². The van der Waals surface area contributed by atoms with Crippen LogP contribution < -0.4 is 0 Å². The van der Waals surface area contributed by atoms with Gasteiger partial charge in [-0.1, -0.05) is 146 Å². The van der Waals surface area contributed by atoms with Gasteiger partial charge in [0.2, 0.25) is 0 Å². The molecule has 0 saturated heterocycles. The third-order valence-electron chi connectivity index (χ3n) is 9.71. The summed E-state index contributed by atoms with van der Waals surface area (Å²) in [6.07, 6.45) is 0. The Labute approximate surface area is 294 Å². The van der Waals surface area contributed by atoms with E-state index in [0.29, 0.717) is 17.5 Å². The molecule has 8 aromatic carbocycles. The highest BCUT2D eigenvalue weighted by Crippen LogP contribution is 2.39. The van der Waals surface area contributed by atoms with Crippen molar-refractivity contribution in [1.29, 1.82) is 0 Å². The fourth-order valence-electron chi connectivity index (χ4n) is 7.19. The molecule has 2 aromatic heterocycles. The van der Waals surface area contributed by atoms with Gasteiger partial charge in [0.1, 0.15) is 11.2 Å². The minimum atomic E-state index is 0.643. The normalized spacial score (nSPS) is 11.5.